The molecule has 1 atom stereocenters. The number of rotatable bonds is 50. The highest BCUT2D eigenvalue weighted by Gasteiger charge is 2.17. The van der Waals surface area contributed by atoms with Crippen LogP contribution in [0.2, 0.25) is 0 Å². The first-order valence-electron chi connectivity index (χ1n) is 27.5. The van der Waals surface area contributed by atoms with Gasteiger partial charge in [-0.25, -0.2) is 0 Å². The van der Waals surface area contributed by atoms with Crippen molar-refractivity contribution in [1.29, 1.82) is 0 Å². The lowest BCUT2D eigenvalue weighted by atomic mass is 10.0. The van der Waals surface area contributed by atoms with E-state index in [2.05, 4.69) is 93.7 Å². The van der Waals surface area contributed by atoms with Crippen LogP contribution in [0.4, 0.5) is 0 Å². The molecule has 0 saturated heterocycles. The van der Waals surface area contributed by atoms with E-state index in [0.29, 0.717) is 19.4 Å². The monoisotopic (exact) mass is 893 g/mol. The van der Waals surface area contributed by atoms with Crippen LogP contribution >= 0.6 is 0 Å². The fraction of sp³-hybridized carbons (Fsp3) is 0.763. The third kappa shape index (κ3) is 52.0. The maximum atomic E-state index is 12.8. The quantitative estimate of drug-likeness (QED) is 0.0346. The molecule has 0 aromatic rings. The smallest absolute Gasteiger partial charge is 0.306 e. The highest BCUT2D eigenvalue weighted by atomic mass is 16.6. The maximum Gasteiger partial charge on any atom is 0.306 e. The summed E-state index contributed by atoms with van der Waals surface area (Å²) in [6, 6.07) is 0. The van der Waals surface area contributed by atoms with Crippen molar-refractivity contribution in [3.05, 3.63) is 72.9 Å². The van der Waals surface area contributed by atoms with Crippen LogP contribution in [0, 0.1) is 0 Å². The van der Waals surface area contributed by atoms with Gasteiger partial charge in [-0.15, -0.1) is 0 Å². The minimum absolute atomic E-state index is 0.0684. The van der Waals surface area contributed by atoms with E-state index in [1.807, 2.05) is 0 Å². The van der Waals surface area contributed by atoms with E-state index in [0.717, 1.165) is 89.9 Å². The Hall–Kier alpha value is -2.66. The number of unbranched alkanes of at least 4 members (excludes halogenated alkanes) is 27. The van der Waals surface area contributed by atoms with Crippen LogP contribution in [0.3, 0.4) is 0 Å². The lowest BCUT2D eigenvalue weighted by molar-refractivity contribution is -0.163. The van der Waals surface area contributed by atoms with Gasteiger partial charge in [-0.05, 0) is 89.9 Å². The van der Waals surface area contributed by atoms with Gasteiger partial charge in [0.1, 0.15) is 6.61 Å². The predicted octanol–water partition coefficient (Wildman–Crippen LogP) is 18.7. The second-order valence-corrected chi connectivity index (χ2v) is 18.1. The fourth-order valence-corrected chi connectivity index (χ4v) is 7.65. The minimum atomic E-state index is -0.556. The molecule has 1 unspecified atom stereocenters. The van der Waals surface area contributed by atoms with E-state index in [9.17, 15) is 9.59 Å². The van der Waals surface area contributed by atoms with Crippen molar-refractivity contribution in [1.82, 2.24) is 0 Å². The average Bonchev–Trinajstić information content (AvgIpc) is 3.30. The molecule has 0 aliphatic heterocycles. The van der Waals surface area contributed by atoms with E-state index < -0.39 is 6.10 Å². The van der Waals surface area contributed by atoms with E-state index in [1.165, 1.54) is 141 Å². The molecule has 370 valence electrons. The molecule has 0 aliphatic rings. The van der Waals surface area contributed by atoms with Crippen molar-refractivity contribution in [3.63, 3.8) is 0 Å². The number of carbonyl (C=O) groups is 2. The summed E-state index contributed by atoms with van der Waals surface area (Å²) in [5, 5.41) is 0. The largest absolute Gasteiger partial charge is 0.462 e. The highest BCUT2D eigenvalue weighted by molar-refractivity contribution is 5.70. The highest BCUT2D eigenvalue weighted by Crippen LogP contribution is 2.15. The molecule has 0 N–H and O–H groups in total. The van der Waals surface area contributed by atoms with Gasteiger partial charge in [-0.2, -0.15) is 0 Å². The molecule has 0 radical (unpaired) electrons. The standard InChI is InChI=1S/C59H104O5/c1-4-7-10-13-16-19-22-25-28-30-32-34-37-40-43-46-49-52-58(60)63-56-57(55-62-54-51-48-45-42-39-36-33-29-26-23-20-17-14-11-8-5-2)64-59(61)53-50-47-44-41-38-35-31-27-24-21-18-15-12-9-6-3/h8,11,16-17,19-20,25-26,28-29,36,39,57H,4-7,9-10,12-15,18,21-24,27,30-35,37-38,40-56H2,1-3H3/b11-8-,19-16-,20-17-,28-25-,29-26-,39-36-. The summed E-state index contributed by atoms with van der Waals surface area (Å²) >= 11 is 0. The van der Waals surface area contributed by atoms with Gasteiger partial charge in [0.25, 0.3) is 0 Å². The molecule has 0 heterocycles. The summed E-state index contributed by atoms with van der Waals surface area (Å²) in [6.07, 6.45) is 70.6. The van der Waals surface area contributed by atoms with Crippen molar-refractivity contribution in [2.45, 2.75) is 271 Å². The summed E-state index contributed by atoms with van der Waals surface area (Å²) < 4.78 is 17.4. The molecular formula is C59H104O5. The van der Waals surface area contributed by atoms with Gasteiger partial charge in [0.2, 0.25) is 0 Å². The molecular weight excluding hydrogens is 789 g/mol. The molecule has 0 bridgehead atoms. The van der Waals surface area contributed by atoms with Crippen molar-refractivity contribution in [2.75, 3.05) is 19.8 Å². The SMILES string of the molecule is CC/C=C\C/C=C\C/C=C\C/C=C\CCCCCOCC(COC(=O)CCCCCCCCC/C=C\C/C=C\CCCCC)OC(=O)CCCCCCCCCCCCCCCCC. The second kappa shape index (κ2) is 54.7. The fourth-order valence-electron chi connectivity index (χ4n) is 7.65. The minimum Gasteiger partial charge on any atom is -0.462 e. The van der Waals surface area contributed by atoms with Crippen molar-refractivity contribution >= 4 is 11.9 Å². The maximum absolute atomic E-state index is 12.8. The third-order valence-corrected chi connectivity index (χ3v) is 11.7. The predicted molar refractivity (Wildman–Crippen MR) is 279 cm³/mol. The molecule has 0 aromatic carbocycles. The van der Waals surface area contributed by atoms with Gasteiger partial charge < -0.3 is 14.2 Å². The van der Waals surface area contributed by atoms with Crippen molar-refractivity contribution < 1.29 is 23.8 Å². The number of hydrogen-bond donors (Lipinski definition) is 0. The van der Waals surface area contributed by atoms with Crippen LogP contribution < -0.4 is 0 Å². The Morgan fingerprint density at radius 3 is 1.16 bits per heavy atom. The van der Waals surface area contributed by atoms with Gasteiger partial charge >= 0.3 is 11.9 Å². The Labute approximate surface area is 397 Å². The molecule has 0 saturated carbocycles. The Bertz CT molecular complexity index is 1150. The number of ether oxygens (including phenoxy) is 3. The number of hydrogen-bond acceptors (Lipinski definition) is 5. The Morgan fingerprint density at radius 1 is 0.359 bits per heavy atom. The molecule has 64 heavy (non-hydrogen) atoms. The normalized spacial score (nSPS) is 12.7. The van der Waals surface area contributed by atoms with Crippen LogP contribution in [-0.2, 0) is 23.8 Å². The van der Waals surface area contributed by atoms with Gasteiger partial charge in [-0.1, -0.05) is 235 Å². The lowest BCUT2D eigenvalue weighted by Crippen LogP contribution is -2.30. The molecule has 0 amide bonds. The zero-order chi connectivity index (χ0) is 46.3. The van der Waals surface area contributed by atoms with Crippen LogP contribution in [0.25, 0.3) is 0 Å². The lowest BCUT2D eigenvalue weighted by Gasteiger charge is -2.18. The zero-order valence-electron chi connectivity index (χ0n) is 42.5. The van der Waals surface area contributed by atoms with Gasteiger partial charge in [0.15, 0.2) is 6.10 Å². The number of esters is 2. The molecule has 0 rings (SSSR count). The first-order valence-corrected chi connectivity index (χ1v) is 27.5. The third-order valence-electron chi connectivity index (χ3n) is 11.7. The topological polar surface area (TPSA) is 61.8 Å². The molecule has 0 aromatic heterocycles. The molecule has 5 nitrogen and oxygen atoms in total. The van der Waals surface area contributed by atoms with Crippen LogP contribution in [0.5, 0.6) is 0 Å². The van der Waals surface area contributed by atoms with Crippen molar-refractivity contribution in [3.8, 4) is 0 Å². The summed E-state index contributed by atoms with van der Waals surface area (Å²) in [5.41, 5.74) is 0. The van der Waals surface area contributed by atoms with E-state index >= 15 is 0 Å². The van der Waals surface area contributed by atoms with Gasteiger partial charge in [0, 0.05) is 19.4 Å². The molecule has 0 aliphatic carbocycles. The molecule has 5 heteroatoms. The second-order valence-electron chi connectivity index (χ2n) is 18.1. The summed E-state index contributed by atoms with van der Waals surface area (Å²) in [4.78, 5) is 25.5. The Morgan fingerprint density at radius 2 is 0.703 bits per heavy atom. The van der Waals surface area contributed by atoms with Crippen LogP contribution in [-0.4, -0.2) is 37.9 Å². The average molecular weight is 893 g/mol. The summed E-state index contributed by atoms with van der Waals surface area (Å²) in [5.74, 6) is -0.416. The van der Waals surface area contributed by atoms with Gasteiger partial charge in [0.05, 0.1) is 6.61 Å². The zero-order valence-corrected chi connectivity index (χ0v) is 42.5. The number of carbonyl (C=O) groups excluding carboxylic acids is 2. The summed E-state index contributed by atoms with van der Waals surface area (Å²) in [6.45, 7) is 7.64. The Balaban J connectivity index is 4.33. The van der Waals surface area contributed by atoms with E-state index in [-0.39, 0.29) is 25.2 Å². The summed E-state index contributed by atoms with van der Waals surface area (Å²) in [7, 11) is 0. The Kier molecular flexibility index (Phi) is 52.4. The van der Waals surface area contributed by atoms with Crippen LogP contribution in [0.15, 0.2) is 72.9 Å². The molecule has 0 spiro atoms. The van der Waals surface area contributed by atoms with Crippen molar-refractivity contribution in [2.24, 2.45) is 0 Å². The van der Waals surface area contributed by atoms with E-state index in [1.54, 1.807) is 0 Å². The first kappa shape index (κ1) is 61.3. The van der Waals surface area contributed by atoms with Gasteiger partial charge in [-0.3, -0.25) is 9.59 Å². The first-order chi connectivity index (χ1) is 31.6. The molecule has 0 fully saturated rings. The number of allylic oxidation sites excluding steroid dienone is 12. The van der Waals surface area contributed by atoms with Crippen LogP contribution in [0.1, 0.15) is 265 Å². The van der Waals surface area contributed by atoms with E-state index in [4.69, 9.17) is 14.2 Å².